The van der Waals surface area contributed by atoms with E-state index in [-0.39, 0.29) is 28.7 Å². The van der Waals surface area contributed by atoms with Gasteiger partial charge in [-0.2, -0.15) is 4.39 Å². The number of nitrogens with zero attached hydrogens (tertiary/aromatic N) is 2. The Balaban J connectivity index is 0.000000280. The molecule has 2 aromatic carbocycles. The van der Waals surface area contributed by atoms with Crippen LogP contribution in [0.25, 0.3) is 0 Å². The van der Waals surface area contributed by atoms with Crippen LogP contribution in [0.15, 0.2) is 24.3 Å². The van der Waals surface area contributed by atoms with Crippen LogP contribution in [-0.2, 0) is 0 Å². The second-order valence-corrected chi connectivity index (χ2v) is 4.81. The zero-order valence-corrected chi connectivity index (χ0v) is 15.2. The van der Waals surface area contributed by atoms with Crippen LogP contribution in [0.4, 0.5) is 20.2 Å². The summed E-state index contributed by atoms with van der Waals surface area (Å²) in [4.78, 5) is 19.2. The van der Waals surface area contributed by atoms with E-state index in [1.807, 2.05) is 0 Å². The highest BCUT2D eigenvalue weighted by atomic mass is 19.1. The molecule has 2 aromatic rings. The molecule has 10 nitrogen and oxygen atoms in total. The van der Waals surface area contributed by atoms with Gasteiger partial charge in [0.25, 0.3) is 5.69 Å². The van der Waals surface area contributed by atoms with Crippen molar-refractivity contribution in [1.82, 2.24) is 0 Å². The fourth-order valence-electron chi connectivity index (χ4n) is 2.03. The maximum Gasteiger partial charge on any atom is 0.308 e. The monoisotopic (exact) mass is 402 g/mol. The molecule has 152 valence electrons. The average Bonchev–Trinajstić information content (AvgIpc) is 2.66. The van der Waals surface area contributed by atoms with E-state index in [9.17, 15) is 29.0 Å². The van der Waals surface area contributed by atoms with Crippen LogP contribution in [0, 0.1) is 31.9 Å². The maximum atomic E-state index is 13.3. The summed E-state index contributed by atoms with van der Waals surface area (Å²) in [6.45, 7) is 0. The second-order valence-electron chi connectivity index (χ2n) is 4.81. The standard InChI is InChI=1S/2C8H8FNO4/c1-13-7-4-5(10(11)12)3-6(9)8(7)14-2;1-13-6-4-3-5(10(11)12)7(9)8(6)14-2/h2*3-4H,1-2H3. The minimum atomic E-state index is -1.03. The zero-order chi connectivity index (χ0) is 21.4. The largest absolute Gasteiger partial charge is 0.493 e. The van der Waals surface area contributed by atoms with Crippen LogP contribution in [0.1, 0.15) is 0 Å². The molecule has 0 aliphatic carbocycles. The maximum absolute atomic E-state index is 13.3. The molecule has 0 unspecified atom stereocenters. The number of methoxy groups -OCH3 is 4. The summed E-state index contributed by atoms with van der Waals surface area (Å²) in [6, 6.07) is 4.18. The quantitative estimate of drug-likeness (QED) is 0.531. The van der Waals surface area contributed by atoms with Gasteiger partial charge in [-0.15, -0.1) is 0 Å². The van der Waals surface area contributed by atoms with Crippen molar-refractivity contribution in [2.45, 2.75) is 0 Å². The molecule has 0 aromatic heterocycles. The van der Waals surface area contributed by atoms with Gasteiger partial charge in [0.2, 0.25) is 11.6 Å². The third kappa shape index (κ3) is 4.93. The molecular weight excluding hydrogens is 386 g/mol. The molecule has 0 N–H and O–H groups in total. The van der Waals surface area contributed by atoms with Gasteiger partial charge in [0.1, 0.15) is 0 Å². The van der Waals surface area contributed by atoms with Gasteiger partial charge in [-0.25, -0.2) is 4.39 Å². The highest BCUT2D eigenvalue weighted by molar-refractivity contribution is 5.50. The fraction of sp³-hybridized carbons (Fsp3) is 0.250. The van der Waals surface area contributed by atoms with Crippen LogP contribution in [0.2, 0.25) is 0 Å². The molecule has 0 fully saturated rings. The van der Waals surface area contributed by atoms with Crippen molar-refractivity contribution >= 4 is 11.4 Å². The molecule has 0 aliphatic heterocycles. The Labute approximate surface area is 157 Å². The van der Waals surface area contributed by atoms with Crippen molar-refractivity contribution in [1.29, 1.82) is 0 Å². The predicted molar refractivity (Wildman–Crippen MR) is 92.3 cm³/mol. The number of nitro groups is 2. The Morgan fingerprint density at radius 1 is 0.786 bits per heavy atom. The number of rotatable bonds is 6. The summed E-state index contributed by atoms with van der Waals surface area (Å²) in [6.07, 6.45) is 0. The molecule has 0 heterocycles. The normalized spacial score (nSPS) is 9.64. The van der Waals surface area contributed by atoms with Crippen molar-refractivity contribution < 1.29 is 37.6 Å². The number of hydrogen-bond donors (Lipinski definition) is 0. The van der Waals surface area contributed by atoms with Crippen LogP contribution < -0.4 is 18.9 Å². The van der Waals surface area contributed by atoms with E-state index in [1.165, 1.54) is 34.5 Å². The van der Waals surface area contributed by atoms with E-state index < -0.39 is 27.2 Å². The SMILES string of the molecule is COc1cc([N+](=O)[O-])cc(F)c1OC.COc1ccc([N+](=O)[O-])c(F)c1OC. The van der Waals surface area contributed by atoms with Gasteiger partial charge in [-0.1, -0.05) is 0 Å². The Morgan fingerprint density at radius 3 is 1.79 bits per heavy atom. The Hall–Kier alpha value is -3.70. The van der Waals surface area contributed by atoms with Crippen LogP contribution in [0.3, 0.4) is 0 Å². The van der Waals surface area contributed by atoms with Crippen molar-refractivity contribution in [3.05, 3.63) is 56.1 Å². The number of ether oxygens (including phenoxy) is 4. The Bertz CT molecular complexity index is 876. The van der Waals surface area contributed by atoms with E-state index in [0.717, 1.165) is 18.2 Å². The van der Waals surface area contributed by atoms with Gasteiger partial charge in [-0.05, 0) is 6.07 Å². The number of hydrogen-bond acceptors (Lipinski definition) is 8. The molecule has 0 aliphatic rings. The minimum Gasteiger partial charge on any atom is -0.493 e. The molecule has 0 spiro atoms. The fourth-order valence-corrected chi connectivity index (χ4v) is 2.03. The lowest BCUT2D eigenvalue weighted by Crippen LogP contribution is -1.98. The van der Waals surface area contributed by atoms with E-state index in [2.05, 4.69) is 9.47 Å². The molecule has 28 heavy (non-hydrogen) atoms. The minimum absolute atomic E-state index is 0.000741. The molecule has 0 radical (unpaired) electrons. The van der Waals surface area contributed by atoms with Gasteiger partial charge in [0, 0.05) is 6.07 Å². The lowest BCUT2D eigenvalue weighted by molar-refractivity contribution is -0.387. The first-order chi connectivity index (χ1) is 13.2. The third-order valence-electron chi connectivity index (χ3n) is 3.29. The lowest BCUT2D eigenvalue weighted by Gasteiger charge is -2.07. The van der Waals surface area contributed by atoms with E-state index in [1.54, 1.807) is 0 Å². The average molecular weight is 402 g/mol. The molecule has 12 heteroatoms. The van der Waals surface area contributed by atoms with Gasteiger partial charge in [0.05, 0.1) is 50.4 Å². The summed E-state index contributed by atoms with van der Waals surface area (Å²) < 4.78 is 45.3. The van der Waals surface area contributed by atoms with Crippen molar-refractivity contribution in [3.8, 4) is 23.0 Å². The molecule has 0 saturated heterocycles. The first-order valence-electron chi connectivity index (χ1n) is 7.32. The molecular formula is C16H16F2N2O8. The Kier molecular flexibility index (Phi) is 7.86. The van der Waals surface area contributed by atoms with E-state index in [0.29, 0.717) is 0 Å². The third-order valence-corrected chi connectivity index (χ3v) is 3.29. The summed E-state index contributed by atoms with van der Waals surface area (Å²) in [5.41, 5.74) is -1.01. The first-order valence-corrected chi connectivity index (χ1v) is 7.32. The highest BCUT2D eigenvalue weighted by Gasteiger charge is 2.22. The molecule has 2 rings (SSSR count). The molecule has 0 atom stereocenters. The van der Waals surface area contributed by atoms with Crippen molar-refractivity contribution in [2.75, 3.05) is 28.4 Å². The van der Waals surface area contributed by atoms with Crippen LogP contribution in [0.5, 0.6) is 23.0 Å². The smallest absolute Gasteiger partial charge is 0.308 e. The van der Waals surface area contributed by atoms with Crippen LogP contribution in [-0.4, -0.2) is 38.3 Å². The predicted octanol–water partition coefficient (Wildman–Crippen LogP) is 3.50. The van der Waals surface area contributed by atoms with Gasteiger partial charge in [0.15, 0.2) is 23.1 Å². The molecule has 0 amide bonds. The number of nitro benzene ring substituents is 2. The summed E-state index contributed by atoms with van der Waals surface area (Å²) >= 11 is 0. The van der Waals surface area contributed by atoms with Crippen molar-refractivity contribution in [3.63, 3.8) is 0 Å². The summed E-state index contributed by atoms with van der Waals surface area (Å²) in [5.74, 6) is -2.13. The summed E-state index contributed by atoms with van der Waals surface area (Å²) in [7, 11) is 5.07. The Morgan fingerprint density at radius 2 is 1.36 bits per heavy atom. The van der Waals surface area contributed by atoms with Gasteiger partial charge in [-0.3, -0.25) is 20.2 Å². The zero-order valence-electron chi connectivity index (χ0n) is 15.2. The van der Waals surface area contributed by atoms with Gasteiger partial charge < -0.3 is 18.9 Å². The lowest BCUT2D eigenvalue weighted by atomic mass is 10.2. The second kappa shape index (κ2) is 9.85. The van der Waals surface area contributed by atoms with Crippen molar-refractivity contribution in [2.24, 2.45) is 0 Å². The highest BCUT2D eigenvalue weighted by Crippen LogP contribution is 2.35. The molecule has 0 bridgehead atoms. The van der Waals surface area contributed by atoms with Gasteiger partial charge >= 0.3 is 5.69 Å². The summed E-state index contributed by atoms with van der Waals surface area (Å²) in [5, 5.41) is 20.7. The first kappa shape index (κ1) is 22.3. The van der Waals surface area contributed by atoms with Crippen LogP contribution >= 0.6 is 0 Å². The topological polar surface area (TPSA) is 123 Å². The number of non-ortho nitro benzene ring substituents is 1. The van der Waals surface area contributed by atoms with E-state index >= 15 is 0 Å². The number of halogens is 2. The number of benzene rings is 2. The van der Waals surface area contributed by atoms with E-state index in [4.69, 9.17) is 9.47 Å². The molecule has 0 saturated carbocycles.